The number of ether oxygens (including phenoxy) is 2. The highest BCUT2D eigenvalue weighted by atomic mass is 35.5. The third kappa shape index (κ3) is 4.08. The average Bonchev–Trinajstić information content (AvgIpc) is 2.29. The fourth-order valence-corrected chi connectivity index (χ4v) is 1.42. The number of halogens is 1. The zero-order chi connectivity index (χ0) is 11.8. The Morgan fingerprint density at radius 1 is 1.56 bits per heavy atom. The van der Waals surface area contributed by atoms with Gasteiger partial charge < -0.3 is 9.47 Å². The molecule has 86 valence electrons. The molecular weight excluding hydrogens is 230 g/mol. The van der Waals surface area contributed by atoms with Crippen molar-refractivity contribution in [3.8, 4) is 0 Å². The van der Waals surface area contributed by atoms with Crippen molar-refractivity contribution >= 4 is 11.6 Å². The van der Waals surface area contributed by atoms with E-state index < -0.39 is 0 Å². The van der Waals surface area contributed by atoms with Crippen LogP contribution < -0.4 is 0 Å². The molecule has 0 unspecified atom stereocenters. The van der Waals surface area contributed by atoms with Gasteiger partial charge in [0.15, 0.2) is 0 Å². The van der Waals surface area contributed by atoms with Crippen molar-refractivity contribution in [3.63, 3.8) is 0 Å². The molecule has 16 heavy (non-hydrogen) atoms. The lowest BCUT2D eigenvalue weighted by atomic mass is 10.1. The fourth-order valence-electron chi connectivity index (χ4n) is 1.22. The van der Waals surface area contributed by atoms with Crippen LogP contribution in [0.25, 0.3) is 10.4 Å². The number of rotatable bonds is 6. The zero-order valence-electron chi connectivity index (χ0n) is 8.84. The van der Waals surface area contributed by atoms with Crippen LogP contribution in [0, 0.1) is 0 Å². The summed E-state index contributed by atoms with van der Waals surface area (Å²) in [6, 6.07) is 7.22. The van der Waals surface area contributed by atoms with Gasteiger partial charge >= 0.3 is 0 Å². The highest BCUT2D eigenvalue weighted by Crippen LogP contribution is 2.21. The molecule has 0 aliphatic heterocycles. The van der Waals surface area contributed by atoms with Crippen LogP contribution >= 0.6 is 11.6 Å². The van der Waals surface area contributed by atoms with Gasteiger partial charge in [0.05, 0.1) is 12.6 Å². The largest absolute Gasteiger partial charge is 0.359 e. The molecule has 0 radical (unpaired) electrons. The second kappa shape index (κ2) is 7.09. The van der Waals surface area contributed by atoms with E-state index in [4.69, 9.17) is 26.6 Å². The maximum atomic E-state index is 8.29. The Balaban J connectivity index is 2.77. The van der Waals surface area contributed by atoms with E-state index in [0.717, 1.165) is 5.56 Å². The van der Waals surface area contributed by atoms with E-state index >= 15 is 0 Å². The number of hydrogen-bond acceptors (Lipinski definition) is 3. The Hall–Kier alpha value is -1.26. The molecule has 1 atom stereocenters. The molecule has 0 saturated carbocycles. The molecular formula is C10H12ClN3O2. The quantitative estimate of drug-likeness (QED) is 0.332. The minimum atomic E-state index is -0.338. The van der Waals surface area contributed by atoms with Crippen molar-refractivity contribution in [1.29, 1.82) is 0 Å². The average molecular weight is 242 g/mol. The highest BCUT2D eigenvalue weighted by Gasteiger charge is 2.11. The van der Waals surface area contributed by atoms with Crippen LogP contribution in [-0.2, 0) is 9.47 Å². The first-order valence-corrected chi connectivity index (χ1v) is 5.02. The Morgan fingerprint density at radius 3 is 3.00 bits per heavy atom. The van der Waals surface area contributed by atoms with Crippen LogP contribution in [0.4, 0.5) is 0 Å². The van der Waals surface area contributed by atoms with Gasteiger partial charge in [-0.05, 0) is 23.2 Å². The number of methoxy groups -OCH3 is 1. The lowest BCUT2D eigenvalue weighted by Crippen LogP contribution is -2.09. The first-order valence-electron chi connectivity index (χ1n) is 4.64. The van der Waals surface area contributed by atoms with E-state index in [-0.39, 0.29) is 19.4 Å². The summed E-state index contributed by atoms with van der Waals surface area (Å²) in [6.07, 6.45) is -0.338. The van der Waals surface area contributed by atoms with Crippen LogP contribution in [0.15, 0.2) is 29.4 Å². The lowest BCUT2D eigenvalue weighted by Gasteiger charge is -2.15. The Morgan fingerprint density at radius 2 is 2.38 bits per heavy atom. The van der Waals surface area contributed by atoms with E-state index in [0.29, 0.717) is 5.02 Å². The third-order valence-corrected chi connectivity index (χ3v) is 2.15. The van der Waals surface area contributed by atoms with Gasteiger partial charge in [-0.1, -0.05) is 28.8 Å². The standard InChI is InChI=1S/C10H12ClN3O2/c1-15-7-16-10(6-13-14-12)8-3-2-4-9(11)5-8/h2-5,10H,6-7H2,1H3/t10-/m1/s1. The molecule has 5 nitrogen and oxygen atoms in total. The molecule has 1 aromatic carbocycles. The van der Waals surface area contributed by atoms with Gasteiger partial charge in [0.1, 0.15) is 6.79 Å². The molecule has 1 rings (SSSR count). The van der Waals surface area contributed by atoms with Gasteiger partial charge in [-0.15, -0.1) is 0 Å². The zero-order valence-corrected chi connectivity index (χ0v) is 9.59. The maximum Gasteiger partial charge on any atom is 0.147 e. The molecule has 0 N–H and O–H groups in total. The van der Waals surface area contributed by atoms with Crippen molar-refractivity contribution in [2.75, 3.05) is 20.4 Å². The molecule has 1 aromatic rings. The van der Waals surface area contributed by atoms with E-state index in [1.807, 2.05) is 12.1 Å². The molecule has 0 aliphatic rings. The van der Waals surface area contributed by atoms with Gasteiger partial charge in [0, 0.05) is 17.0 Å². The summed E-state index contributed by atoms with van der Waals surface area (Å²) in [6.45, 7) is 0.346. The van der Waals surface area contributed by atoms with E-state index in [1.165, 1.54) is 7.11 Å². The SMILES string of the molecule is COCO[C@H](CN=[N+]=[N-])c1cccc(Cl)c1. The Kier molecular flexibility index (Phi) is 5.67. The minimum absolute atomic E-state index is 0.137. The first kappa shape index (κ1) is 12.8. The Bertz CT molecular complexity index is 380. The number of benzene rings is 1. The summed E-state index contributed by atoms with van der Waals surface area (Å²) < 4.78 is 10.2. The van der Waals surface area contributed by atoms with Crippen molar-refractivity contribution in [3.05, 3.63) is 45.3 Å². The third-order valence-electron chi connectivity index (χ3n) is 1.92. The van der Waals surface area contributed by atoms with Crippen molar-refractivity contribution in [1.82, 2.24) is 0 Å². The topological polar surface area (TPSA) is 67.2 Å². The van der Waals surface area contributed by atoms with Crippen molar-refractivity contribution < 1.29 is 9.47 Å². The maximum absolute atomic E-state index is 8.29. The van der Waals surface area contributed by atoms with Gasteiger partial charge in [0.2, 0.25) is 0 Å². The fraction of sp³-hybridized carbons (Fsp3) is 0.400. The van der Waals surface area contributed by atoms with Crippen LogP contribution in [0.1, 0.15) is 11.7 Å². The summed E-state index contributed by atoms with van der Waals surface area (Å²) in [5, 5.41) is 4.10. The first-order chi connectivity index (χ1) is 7.77. The summed E-state index contributed by atoms with van der Waals surface area (Å²) in [5.74, 6) is 0. The summed E-state index contributed by atoms with van der Waals surface area (Å²) in [4.78, 5) is 2.70. The molecule has 6 heteroatoms. The molecule has 0 heterocycles. The predicted molar refractivity (Wildman–Crippen MR) is 61.2 cm³/mol. The van der Waals surface area contributed by atoms with Crippen LogP contribution in [0.5, 0.6) is 0 Å². The van der Waals surface area contributed by atoms with Crippen LogP contribution in [0.2, 0.25) is 5.02 Å². The van der Waals surface area contributed by atoms with Gasteiger partial charge in [-0.3, -0.25) is 0 Å². The highest BCUT2D eigenvalue weighted by molar-refractivity contribution is 6.30. The molecule has 0 fully saturated rings. The summed E-state index contributed by atoms with van der Waals surface area (Å²) in [5.41, 5.74) is 9.15. The molecule has 0 amide bonds. The van der Waals surface area contributed by atoms with Gasteiger partial charge in [-0.2, -0.15) is 0 Å². The molecule has 0 saturated heterocycles. The van der Waals surface area contributed by atoms with E-state index in [9.17, 15) is 0 Å². The lowest BCUT2D eigenvalue weighted by molar-refractivity contribution is -0.0697. The normalized spacial score (nSPS) is 11.9. The van der Waals surface area contributed by atoms with Crippen LogP contribution in [0.3, 0.4) is 0 Å². The van der Waals surface area contributed by atoms with Crippen molar-refractivity contribution in [2.24, 2.45) is 5.11 Å². The molecule has 0 spiro atoms. The molecule has 0 aromatic heterocycles. The Labute approximate surface area is 98.6 Å². The predicted octanol–water partition coefficient (Wildman–Crippen LogP) is 3.31. The second-order valence-electron chi connectivity index (χ2n) is 3.03. The second-order valence-corrected chi connectivity index (χ2v) is 3.47. The van der Waals surface area contributed by atoms with Crippen molar-refractivity contribution in [2.45, 2.75) is 6.10 Å². The number of nitrogens with zero attached hydrogens (tertiary/aromatic N) is 3. The number of hydrogen-bond donors (Lipinski definition) is 0. The monoisotopic (exact) mass is 241 g/mol. The number of azide groups is 1. The van der Waals surface area contributed by atoms with Gasteiger partial charge in [0.25, 0.3) is 0 Å². The summed E-state index contributed by atoms with van der Waals surface area (Å²) in [7, 11) is 1.53. The van der Waals surface area contributed by atoms with Gasteiger partial charge in [-0.25, -0.2) is 0 Å². The smallest absolute Gasteiger partial charge is 0.147 e. The van der Waals surface area contributed by atoms with E-state index in [2.05, 4.69) is 10.0 Å². The summed E-state index contributed by atoms with van der Waals surface area (Å²) >= 11 is 5.87. The van der Waals surface area contributed by atoms with E-state index in [1.54, 1.807) is 12.1 Å². The molecule has 0 bridgehead atoms. The molecule has 0 aliphatic carbocycles. The van der Waals surface area contributed by atoms with Crippen LogP contribution in [-0.4, -0.2) is 20.4 Å². The minimum Gasteiger partial charge on any atom is -0.359 e.